The number of nitrogen functional groups attached to an aromatic ring is 1. The van der Waals surface area contributed by atoms with E-state index in [9.17, 15) is 18.8 Å². The normalized spacial score (nSPS) is 23.7. The monoisotopic (exact) mass is 706 g/mol. The Morgan fingerprint density at radius 2 is 2.16 bits per heavy atom. The molecule has 7 rings (SSSR count). The van der Waals surface area contributed by atoms with Crippen LogP contribution in [0.25, 0.3) is 32.2 Å². The standard InChI is InChI=1S/C35H37ClF2N8O2S/c1-4-24-25(10-13-46(24)26(47)5-2)45(6-3)33-22-16-41-29(20-8-9-23(38)31-27(20)21(15-39)32(40)49-31)28(36)30(22)42-34(43-33)48-18-35-11-7-12-44(35)17-19(37)14-35/h5,8-9,16,19,24-25H,2,4,6-7,10-14,17-18,40H2,1,3H3. The SMILES string of the molecule is C=CC(=O)N1CCC(N(CC)c2nc(OCC34CCCN3CC(F)C4)nc3c(Cl)c(-c4ccc(F)c5sc(N)c(C#N)c45)ncc23)C1CC. The number of fused-ring (bicyclic) bond motifs is 3. The van der Waals surface area contributed by atoms with Crippen LogP contribution < -0.4 is 15.4 Å². The van der Waals surface area contributed by atoms with Gasteiger partial charge in [0.1, 0.15) is 41.0 Å². The number of thiophene rings is 1. The number of carbonyl (C=O) groups is 1. The van der Waals surface area contributed by atoms with Crippen molar-refractivity contribution in [1.29, 1.82) is 5.26 Å². The lowest BCUT2D eigenvalue weighted by molar-refractivity contribution is -0.126. The van der Waals surface area contributed by atoms with Gasteiger partial charge in [-0.3, -0.25) is 14.7 Å². The number of benzene rings is 1. The predicted molar refractivity (Wildman–Crippen MR) is 188 cm³/mol. The molecule has 49 heavy (non-hydrogen) atoms. The molecule has 4 atom stereocenters. The van der Waals surface area contributed by atoms with Crippen LogP contribution >= 0.6 is 22.9 Å². The van der Waals surface area contributed by atoms with Crippen molar-refractivity contribution in [2.45, 2.75) is 69.7 Å². The van der Waals surface area contributed by atoms with Crippen LogP contribution in [0.15, 0.2) is 31.0 Å². The van der Waals surface area contributed by atoms with Crippen LogP contribution in [0.5, 0.6) is 6.01 Å². The van der Waals surface area contributed by atoms with E-state index >= 15 is 0 Å². The quantitative estimate of drug-likeness (QED) is 0.194. The first-order valence-electron chi connectivity index (χ1n) is 16.6. The molecule has 3 aliphatic heterocycles. The van der Waals surface area contributed by atoms with Gasteiger partial charge < -0.3 is 20.3 Å². The molecular formula is C35H37ClF2N8O2S. The van der Waals surface area contributed by atoms with Crippen LogP contribution in [-0.2, 0) is 4.79 Å². The number of nitrogens with two attached hydrogens (primary N) is 1. The summed E-state index contributed by atoms with van der Waals surface area (Å²) >= 11 is 8.19. The third kappa shape index (κ3) is 5.45. The molecule has 0 aliphatic carbocycles. The molecule has 4 unspecified atom stereocenters. The summed E-state index contributed by atoms with van der Waals surface area (Å²) in [6, 6.07) is 4.89. The summed E-state index contributed by atoms with van der Waals surface area (Å²) in [4.78, 5) is 33.5. The molecule has 0 saturated carbocycles. The van der Waals surface area contributed by atoms with Crippen LogP contribution in [0.2, 0.25) is 5.02 Å². The number of alkyl halides is 1. The molecule has 1 amide bonds. The number of likely N-dealkylation sites (N-methyl/N-ethyl adjacent to an activating group) is 1. The molecule has 3 aromatic heterocycles. The summed E-state index contributed by atoms with van der Waals surface area (Å²) in [5.74, 6) is -0.0607. The highest BCUT2D eigenvalue weighted by Gasteiger charge is 2.49. The van der Waals surface area contributed by atoms with Crippen molar-refractivity contribution >= 4 is 60.7 Å². The summed E-state index contributed by atoms with van der Waals surface area (Å²) in [5, 5.41) is 11.2. The number of halogens is 3. The van der Waals surface area contributed by atoms with E-state index in [0.29, 0.717) is 65.8 Å². The second-order valence-electron chi connectivity index (χ2n) is 13.0. The Morgan fingerprint density at radius 3 is 2.90 bits per heavy atom. The minimum Gasteiger partial charge on any atom is -0.461 e. The summed E-state index contributed by atoms with van der Waals surface area (Å²) in [5.41, 5.74) is 6.97. The zero-order valence-corrected chi connectivity index (χ0v) is 29.0. The summed E-state index contributed by atoms with van der Waals surface area (Å²) < 4.78 is 36.2. The van der Waals surface area contributed by atoms with Crippen LogP contribution in [0.4, 0.5) is 19.6 Å². The highest BCUT2D eigenvalue weighted by Crippen LogP contribution is 2.45. The molecule has 256 valence electrons. The highest BCUT2D eigenvalue weighted by atomic mass is 35.5. The molecule has 3 saturated heterocycles. The van der Waals surface area contributed by atoms with Crippen LogP contribution in [-0.4, -0.2) is 87.2 Å². The molecule has 3 aliphatic rings. The Labute approximate surface area is 292 Å². The molecule has 3 fully saturated rings. The number of carbonyl (C=O) groups excluding carboxylic acids is 1. The second kappa shape index (κ2) is 13.0. The predicted octanol–water partition coefficient (Wildman–Crippen LogP) is 6.50. The number of aromatic nitrogens is 3. The number of pyridine rings is 1. The maximum Gasteiger partial charge on any atom is 0.319 e. The number of nitriles is 1. The van der Waals surface area contributed by atoms with E-state index in [2.05, 4.69) is 29.4 Å². The average molecular weight is 707 g/mol. The van der Waals surface area contributed by atoms with E-state index in [0.717, 1.165) is 37.1 Å². The van der Waals surface area contributed by atoms with E-state index in [-0.39, 0.29) is 50.9 Å². The maximum absolute atomic E-state index is 14.9. The van der Waals surface area contributed by atoms with Crippen molar-refractivity contribution in [3.63, 3.8) is 0 Å². The largest absolute Gasteiger partial charge is 0.461 e. The number of likely N-dealkylation sites (tertiary alicyclic amines) is 1. The summed E-state index contributed by atoms with van der Waals surface area (Å²) in [6.07, 6.45) is 5.69. The van der Waals surface area contributed by atoms with Gasteiger partial charge in [-0.2, -0.15) is 15.2 Å². The topological polar surface area (TPSA) is 125 Å². The third-order valence-electron chi connectivity index (χ3n) is 10.5. The number of hydrogen-bond donors (Lipinski definition) is 1. The Balaban J connectivity index is 1.38. The van der Waals surface area contributed by atoms with Crippen molar-refractivity contribution in [2.75, 3.05) is 43.4 Å². The van der Waals surface area contributed by atoms with Crippen molar-refractivity contribution in [2.24, 2.45) is 0 Å². The fourth-order valence-corrected chi connectivity index (χ4v) is 9.51. The smallest absolute Gasteiger partial charge is 0.319 e. The molecule has 6 heterocycles. The van der Waals surface area contributed by atoms with Crippen molar-refractivity contribution < 1.29 is 18.3 Å². The lowest BCUT2D eigenvalue weighted by atomic mass is 9.95. The molecule has 4 aromatic rings. The van der Waals surface area contributed by atoms with Gasteiger partial charge in [0.05, 0.1) is 44.0 Å². The third-order valence-corrected chi connectivity index (χ3v) is 11.8. The lowest BCUT2D eigenvalue weighted by Crippen LogP contribution is -2.47. The van der Waals surface area contributed by atoms with Crippen LogP contribution in [0.3, 0.4) is 0 Å². The number of rotatable bonds is 9. The zero-order chi connectivity index (χ0) is 34.6. The van der Waals surface area contributed by atoms with Crippen LogP contribution in [0, 0.1) is 17.1 Å². The zero-order valence-electron chi connectivity index (χ0n) is 27.4. The van der Waals surface area contributed by atoms with Gasteiger partial charge in [0.15, 0.2) is 0 Å². The van der Waals surface area contributed by atoms with E-state index in [1.165, 1.54) is 12.1 Å². The number of nitrogens with zero attached hydrogens (tertiary/aromatic N) is 7. The number of anilines is 2. The van der Waals surface area contributed by atoms with E-state index in [1.807, 2.05) is 11.8 Å². The summed E-state index contributed by atoms with van der Waals surface area (Å²) in [6.45, 7) is 10.3. The first-order chi connectivity index (χ1) is 23.6. The average Bonchev–Trinajstić information content (AvgIpc) is 3.85. The van der Waals surface area contributed by atoms with Crippen molar-refractivity contribution in [1.82, 2.24) is 24.8 Å². The van der Waals surface area contributed by atoms with E-state index < -0.39 is 17.5 Å². The van der Waals surface area contributed by atoms with E-state index in [1.54, 1.807) is 12.3 Å². The van der Waals surface area contributed by atoms with Gasteiger partial charge in [0.25, 0.3) is 0 Å². The minimum atomic E-state index is -0.915. The van der Waals surface area contributed by atoms with Crippen molar-refractivity contribution in [3.8, 4) is 23.3 Å². The van der Waals surface area contributed by atoms with Crippen LogP contribution in [0.1, 0.15) is 51.5 Å². The lowest BCUT2D eigenvalue weighted by Gasteiger charge is -2.35. The number of hydrogen-bond acceptors (Lipinski definition) is 10. The molecule has 10 nitrogen and oxygen atoms in total. The first-order valence-corrected chi connectivity index (χ1v) is 17.8. The fraction of sp³-hybridized carbons (Fsp3) is 0.457. The van der Waals surface area contributed by atoms with Gasteiger partial charge in [-0.25, -0.2) is 8.78 Å². The Kier molecular flexibility index (Phi) is 8.83. The van der Waals surface area contributed by atoms with Crippen molar-refractivity contribution in [3.05, 3.63) is 47.4 Å². The molecule has 0 bridgehead atoms. The highest BCUT2D eigenvalue weighted by molar-refractivity contribution is 7.23. The molecule has 0 radical (unpaired) electrons. The van der Waals surface area contributed by atoms with Gasteiger partial charge >= 0.3 is 6.01 Å². The molecule has 0 spiro atoms. The molecule has 2 N–H and O–H groups in total. The van der Waals surface area contributed by atoms with E-state index in [4.69, 9.17) is 37.0 Å². The molecular weight excluding hydrogens is 670 g/mol. The molecule has 14 heteroatoms. The summed E-state index contributed by atoms with van der Waals surface area (Å²) in [7, 11) is 0. The Bertz CT molecular complexity index is 2020. The number of amides is 1. The first kappa shape index (κ1) is 33.4. The molecule has 1 aromatic carbocycles. The Morgan fingerprint density at radius 1 is 1.35 bits per heavy atom. The van der Waals surface area contributed by atoms with Gasteiger partial charge in [-0.15, -0.1) is 11.3 Å². The number of ether oxygens (including phenoxy) is 1. The second-order valence-corrected chi connectivity index (χ2v) is 14.4. The Hall–Kier alpha value is -4.12. The van der Waals surface area contributed by atoms with Gasteiger partial charge in [-0.05, 0) is 57.4 Å². The minimum absolute atomic E-state index is 0.0713. The van der Waals surface area contributed by atoms with Gasteiger partial charge in [-0.1, -0.05) is 25.1 Å². The van der Waals surface area contributed by atoms with Gasteiger partial charge in [0, 0.05) is 43.2 Å². The van der Waals surface area contributed by atoms with Gasteiger partial charge in [0.2, 0.25) is 5.91 Å². The fourth-order valence-electron chi connectivity index (χ4n) is 8.26. The maximum atomic E-state index is 14.9.